The Kier molecular flexibility index (Phi) is 11.2. The molecule has 1 atom stereocenters. The first-order chi connectivity index (χ1) is 18.0. The number of hydrogen-bond acceptors (Lipinski definition) is 3. The van der Waals surface area contributed by atoms with E-state index in [0.29, 0.717) is 12.2 Å². The van der Waals surface area contributed by atoms with Crippen molar-refractivity contribution < 1.29 is 19.4 Å². The van der Waals surface area contributed by atoms with E-state index in [0.717, 1.165) is 35.1 Å². The topological polar surface area (TPSA) is 78.9 Å². The molecule has 3 rings (SSSR count). The summed E-state index contributed by atoms with van der Waals surface area (Å²) in [5.74, 6) is -1.03. The molecule has 0 aliphatic rings. The fourth-order valence-corrected chi connectivity index (χ4v) is 4.20. The first kappa shape index (κ1) is 27.9. The Hall–Kier alpha value is -3.64. The highest BCUT2D eigenvalue weighted by Gasteiger charge is 2.23. The summed E-state index contributed by atoms with van der Waals surface area (Å²) in [5.41, 5.74) is 4.29. The first-order valence-corrected chi connectivity index (χ1v) is 13.1. The summed E-state index contributed by atoms with van der Waals surface area (Å²) in [6.45, 7) is 2.99. The van der Waals surface area contributed by atoms with E-state index in [1.807, 2.05) is 78.9 Å². The van der Waals surface area contributed by atoms with E-state index in [1.54, 1.807) is 11.9 Å². The normalized spacial score (nSPS) is 11.6. The Morgan fingerprint density at radius 3 is 2.24 bits per heavy atom. The monoisotopic (exact) mass is 502 g/mol. The van der Waals surface area contributed by atoms with E-state index < -0.39 is 12.1 Å². The molecule has 0 spiro atoms. The Morgan fingerprint density at radius 1 is 0.892 bits per heavy atom. The zero-order valence-electron chi connectivity index (χ0n) is 21.9. The van der Waals surface area contributed by atoms with Crippen LogP contribution in [0.15, 0.2) is 78.9 Å². The van der Waals surface area contributed by atoms with Gasteiger partial charge in [-0.1, -0.05) is 105 Å². The molecule has 0 heterocycles. The number of unbranched alkanes of at least 4 members (excludes halogenated alkanes) is 4. The predicted molar refractivity (Wildman–Crippen MR) is 149 cm³/mol. The third kappa shape index (κ3) is 8.76. The van der Waals surface area contributed by atoms with Crippen LogP contribution in [-0.2, 0) is 22.6 Å². The molecule has 2 N–H and O–H groups in total. The van der Waals surface area contributed by atoms with Gasteiger partial charge in [-0.05, 0) is 34.7 Å². The van der Waals surface area contributed by atoms with Gasteiger partial charge in [0.25, 0.3) is 0 Å². The number of carboxylic acid groups (broad SMARTS) is 1. The molecule has 196 valence electrons. The van der Waals surface area contributed by atoms with Crippen molar-refractivity contribution in [3.8, 4) is 11.1 Å². The van der Waals surface area contributed by atoms with Crippen LogP contribution in [0, 0.1) is 0 Å². The van der Waals surface area contributed by atoms with Gasteiger partial charge in [-0.15, -0.1) is 0 Å². The molecule has 0 radical (unpaired) electrons. The largest absolute Gasteiger partial charge is 0.479 e. The summed E-state index contributed by atoms with van der Waals surface area (Å²) in [4.78, 5) is 26.7. The highest BCUT2D eigenvalue weighted by Crippen LogP contribution is 2.29. The van der Waals surface area contributed by atoms with Crippen molar-refractivity contribution in [2.75, 3.05) is 18.5 Å². The molecule has 6 heteroatoms. The van der Waals surface area contributed by atoms with Crippen molar-refractivity contribution in [2.45, 2.75) is 58.2 Å². The molecule has 3 aromatic rings. The summed E-state index contributed by atoms with van der Waals surface area (Å²) in [6.07, 6.45) is 4.68. The van der Waals surface area contributed by atoms with Crippen LogP contribution in [0.1, 0.15) is 50.2 Å². The molecule has 37 heavy (non-hydrogen) atoms. The third-order valence-electron chi connectivity index (χ3n) is 6.39. The zero-order chi connectivity index (χ0) is 26.5. The third-order valence-corrected chi connectivity index (χ3v) is 6.39. The number of benzene rings is 3. The molecule has 6 nitrogen and oxygen atoms in total. The average Bonchev–Trinajstić information content (AvgIpc) is 2.93. The lowest BCUT2D eigenvalue weighted by atomic mass is 9.98. The summed E-state index contributed by atoms with van der Waals surface area (Å²) >= 11 is 0. The van der Waals surface area contributed by atoms with Crippen LogP contribution in [0.3, 0.4) is 0 Å². The maximum Gasteiger partial charge on any atom is 0.333 e. The summed E-state index contributed by atoms with van der Waals surface area (Å²) in [7, 11) is 1.72. The van der Waals surface area contributed by atoms with E-state index in [1.165, 1.54) is 19.3 Å². The van der Waals surface area contributed by atoms with Crippen molar-refractivity contribution in [1.29, 1.82) is 0 Å². The lowest BCUT2D eigenvalue weighted by Gasteiger charge is -2.24. The molecule has 3 aromatic carbocycles. The second-order valence-electron chi connectivity index (χ2n) is 9.24. The Balaban J connectivity index is 1.79. The number of nitrogens with one attached hydrogen (secondary N) is 1. The summed E-state index contributed by atoms with van der Waals surface area (Å²) in [6, 6.07) is 25.0. The fraction of sp³-hybridized carbons (Fsp3) is 0.355. The van der Waals surface area contributed by atoms with Gasteiger partial charge in [0.05, 0.1) is 6.61 Å². The highest BCUT2D eigenvalue weighted by molar-refractivity contribution is 5.93. The van der Waals surface area contributed by atoms with E-state index in [9.17, 15) is 14.7 Å². The molecule has 0 fully saturated rings. The van der Waals surface area contributed by atoms with Crippen molar-refractivity contribution in [1.82, 2.24) is 5.32 Å². The van der Waals surface area contributed by atoms with Crippen LogP contribution < -0.4 is 10.2 Å². The Labute approximate surface area is 220 Å². The SMILES string of the molecule is CCCCCCCNC(=O)N(C)c1cc(-c2ccccc2)ccc1C[C@H](OCc1ccccc1)C(=O)O. The molecule has 0 saturated carbocycles. The van der Waals surface area contributed by atoms with Crippen LogP contribution in [0.5, 0.6) is 0 Å². The van der Waals surface area contributed by atoms with Gasteiger partial charge in [-0.2, -0.15) is 0 Å². The minimum atomic E-state index is -1.04. The number of amides is 2. The molecule has 0 aliphatic carbocycles. The number of carbonyl (C=O) groups is 2. The number of hydrogen-bond donors (Lipinski definition) is 2. The van der Waals surface area contributed by atoms with Crippen LogP contribution in [0.25, 0.3) is 11.1 Å². The van der Waals surface area contributed by atoms with Crippen LogP contribution in [0.2, 0.25) is 0 Å². The van der Waals surface area contributed by atoms with E-state index >= 15 is 0 Å². The Bertz CT molecular complexity index is 1120. The van der Waals surface area contributed by atoms with Gasteiger partial charge in [0.2, 0.25) is 0 Å². The number of nitrogens with zero attached hydrogens (tertiary/aromatic N) is 1. The Morgan fingerprint density at radius 2 is 1.57 bits per heavy atom. The number of anilines is 1. The van der Waals surface area contributed by atoms with Gasteiger partial charge >= 0.3 is 12.0 Å². The number of carboxylic acids is 1. The quantitative estimate of drug-likeness (QED) is 0.241. The van der Waals surface area contributed by atoms with Crippen molar-refractivity contribution in [3.63, 3.8) is 0 Å². The summed E-state index contributed by atoms with van der Waals surface area (Å²) < 4.78 is 5.80. The van der Waals surface area contributed by atoms with Crippen molar-refractivity contribution >= 4 is 17.7 Å². The van der Waals surface area contributed by atoms with Crippen LogP contribution >= 0.6 is 0 Å². The minimum absolute atomic E-state index is 0.140. The first-order valence-electron chi connectivity index (χ1n) is 13.1. The molecular weight excluding hydrogens is 464 g/mol. The van der Waals surface area contributed by atoms with Gasteiger partial charge in [-0.3, -0.25) is 4.90 Å². The highest BCUT2D eigenvalue weighted by atomic mass is 16.5. The lowest BCUT2D eigenvalue weighted by Crippen LogP contribution is -2.38. The number of carbonyl (C=O) groups excluding carboxylic acids is 1. The zero-order valence-corrected chi connectivity index (χ0v) is 21.9. The fourth-order valence-electron chi connectivity index (χ4n) is 4.20. The van der Waals surface area contributed by atoms with E-state index in [2.05, 4.69) is 12.2 Å². The molecule has 0 aliphatic heterocycles. The maximum absolute atomic E-state index is 13.0. The predicted octanol–water partition coefficient (Wildman–Crippen LogP) is 6.68. The maximum atomic E-state index is 13.0. The van der Waals surface area contributed by atoms with Crippen LogP contribution in [-0.4, -0.2) is 36.8 Å². The molecule has 0 unspecified atom stereocenters. The van der Waals surface area contributed by atoms with Gasteiger partial charge in [0.15, 0.2) is 6.10 Å². The van der Waals surface area contributed by atoms with Crippen molar-refractivity contribution in [3.05, 3.63) is 90.0 Å². The molecule has 2 amide bonds. The lowest BCUT2D eigenvalue weighted by molar-refractivity contribution is -0.151. The average molecular weight is 503 g/mol. The van der Waals surface area contributed by atoms with Gasteiger partial charge < -0.3 is 15.2 Å². The second kappa shape index (κ2) is 14.8. The molecule has 0 aromatic heterocycles. The number of rotatable bonds is 14. The van der Waals surface area contributed by atoms with E-state index in [4.69, 9.17) is 4.74 Å². The van der Waals surface area contributed by atoms with Gasteiger partial charge in [0, 0.05) is 25.7 Å². The minimum Gasteiger partial charge on any atom is -0.479 e. The van der Waals surface area contributed by atoms with Gasteiger partial charge in [-0.25, -0.2) is 9.59 Å². The van der Waals surface area contributed by atoms with Crippen LogP contribution in [0.4, 0.5) is 10.5 Å². The molecule has 0 bridgehead atoms. The second-order valence-corrected chi connectivity index (χ2v) is 9.24. The summed E-state index contributed by atoms with van der Waals surface area (Å²) in [5, 5.41) is 12.9. The number of aliphatic carboxylic acids is 1. The molecular formula is C31H38N2O4. The smallest absolute Gasteiger partial charge is 0.333 e. The van der Waals surface area contributed by atoms with E-state index in [-0.39, 0.29) is 19.1 Å². The number of ether oxygens (including phenoxy) is 1. The molecule has 0 saturated heterocycles. The standard InChI is InChI=1S/C31H38N2O4/c1-3-4-5-6-13-20-32-31(36)33(2)28-21-26(25-16-11-8-12-17-25)18-19-27(28)22-29(30(34)35)37-23-24-14-9-7-10-15-24/h7-12,14-19,21,29H,3-6,13,20,22-23H2,1-2H3,(H,32,36)(H,34,35)/t29-/m0/s1. The number of urea groups is 1. The van der Waals surface area contributed by atoms with Crippen molar-refractivity contribution in [2.24, 2.45) is 0 Å². The van der Waals surface area contributed by atoms with Gasteiger partial charge in [0.1, 0.15) is 0 Å².